The average molecular weight is 354 g/mol. The number of rotatable bonds is 9. The van der Waals surface area contributed by atoms with E-state index in [1.54, 1.807) is 31.3 Å². The molecule has 0 saturated carbocycles. The molecule has 2 amide bonds. The summed E-state index contributed by atoms with van der Waals surface area (Å²) in [6.45, 7) is 3.13. The van der Waals surface area contributed by atoms with Gasteiger partial charge in [-0.1, -0.05) is 48.5 Å². The van der Waals surface area contributed by atoms with E-state index in [1.807, 2.05) is 43.3 Å². The zero-order valence-electron chi connectivity index (χ0n) is 15.4. The summed E-state index contributed by atoms with van der Waals surface area (Å²) in [7, 11) is 1.62. The van der Waals surface area contributed by atoms with Gasteiger partial charge in [-0.2, -0.15) is 0 Å². The highest BCUT2D eigenvalue weighted by Crippen LogP contribution is 2.15. The van der Waals surface area contributed by atoms with E-state index in [9.17, 15) is 9.59 Å². The molecule has 5 nitrogen and oxygen atoms in total. The first-order valence-electron chi connectivity index (χ1n) is 8.81. The molecule has 0 aliphatic carbocycles. The van der Waals surface area contributed by atoms with Gasteiger partial charge in [-0.05, 0) is 31.0 Å². The molecule has 2 aromatic rings. The van der Waals surface area contributed by atoms with Crippen LogP contribution in [0.3, 0.4) is 0 Å². The third kappa shape index (κ3) is 6.33. The third-order valence-electron chi connectivity index (χ3n) is 4.03. The second-order valence-corrected chi connectivity index (χ2v) is 6.15. The molecule has 1 unspecified atom stereocenters. The first-order chi connectivity index (χ1) is 12.6. The van der Waals surface area contributed by atoms with Crippen LogP contribution in [0.25, 0.3) is 0 Å². The van der Waals surface area contributed by atoms with Crippen molar-refractivity contribution in [2.24, 2.45) is 0 Å². The number of carbonyl (C=O) groups excluding carboxylic acids is 2. The third-order valence-corrected chi connectivity index (χ3v) is 4.03. The monoisotopic (exact) mass is 354 g/mol. The van der Waals surface area contributed by atoms with Gasteiger partial charge < -0.3 is 15.0 Å². The van der Waals surface area contributed by atoms with Crippen molar-refractivity contribution in [2.45, 2.75) is 19.4 Å². The SMILES string of the molecule is CC(OCCCNC(=O)CN(C)C(=O)c1ccccc1)c1ccccc1. The molecule has 5 heteroatoms. The maximum Gasteiger partial charge on any atom is 0.254 e. The van der Waals surface area contributed by atoms with E-state index in [2.05, 4.69) is 5.32 Å². The lowest BCUT2D eigenvalue weighted by Crippen LogP contribution is -2.38. The minimum Gasteiger partial charge on any atom is -0.374 e. The summed E-state index contributed by atoms with van der Waals surface area (Å²) in [5.41, 5.74) is 1.71. The van der Waals surface area contributed by atoms with E-state index in [0.29, 0.717) is 18.7 Å². The maximum absolute atomic E-state index is 12.2. The number of ether oxygens (including phenoxy) is 1. The summed E-state index contributed by atoms with van der Waals surface area (Å²) in [6, 6.07) is 19.0. The number of nitrogens with zero attached hydrogens (tertiary/aromatic N) is 1. The summed E-state index contributed by atoms with van der Waals surface area (Å²) >= 11 is 0. The highest BCUT2D eigenvalue weighted by atomic mass is 16.5. The van der Waals surface area contributed by atoms with Crippen LogP contribution in [0.1, 0.15) is 35.4 Å². The van der Waals surface area contributed by atoms with E-state index in [1.165, 1.54) is 4.90 Å². The Balaban J connectivity index is 1.62. The lowest BCUT2D eigenvalue weighted by atomic mass is 10.1. The molecular weight excluding hydrogens is 328 g/mol. The highest BCUT2D eigenvalue weighted by Gasteiger charge is 2.14. The average Bonchev–Trinajstić information content (AvgIpc) is 2.68. The van der Waals surface area contributed by atoms with Crippen LogP contribution in [0.15, 0.2) is 60.7 Å². The quantitative estimate of drug-likeness (QED) is 0.704. The molecule has 0 aliphatic heterocycles. The van der Waals surface area contributed by atoms with E-state index in [4.69, 9.17) is 4.74 Å². The standard InChI is InChI=1S/C21H26N2O3/c1-17(18-10-5-3-6-11-18)26-15-9-14-22-20(24)16-23(2)21(25)19-12-7-4-8-13-19/h3-8,10-13,17H,9,14-16H2,1-2H3,(H,22,24). The number of amides is 2. The van der Waals surface area contributed by atoms with Crippen LogP contribution in [0.4, 0.5) is 0 Å². The van der Waals surface area contributed by atoms with Crippen molar-refractivity contribution in [3.63, 3.8) is 0 Å². The Labute approximate surface area is 155 Å². The topological polar surface area (TPSA) is 58.6 Å². The summed E-state index contributed by atoms with van der Waals surface area (Å²) in [5, 5.41) is 2.82. The van der Waals surface area contributed by atoms with Gasteiger partial charge in [-0.3, -0.25) is 9.59 Å². The molecule has 0 radical (unpaired) electrons. The van der Waals surface area contributed by atoms with Crippen LogP contribution in [-0.2, 0) is 9.53 Å². The predicted octanol–water partition coefficient (Wildman–Crippen LogP) is 3.04. The largest absolute Gasteiger partial charge is 0.374 e. The minimum atomic E-state index is -0.173. The Hall–Kier alpha value is -2.66. The van der Waals surface area contributed by atoms with Gasteiger partial charge in [0.15, 0.2) is 0 Å². The van der Waals surface area contributed by atoms with E-state index < -0.39 is 0 Å². The summed E-state index contributed by atoms with van der Waals surface area (Å²) < 4.78 is 5.77. The van der Waals surface area contributed by atoms with Crippen LogP contribution in [0, 0.1) is 0 Å². The Morgan fingerprint density at radius 1 is 1.04 bits per heavy atom. The highest BCUT2D eigenvalue weighted by molar-refractivity contribution is 5.96. The van der Waals surface area contributed by atoms with Crippen molar-refractivity contribution in [1.29, 1.82) is 0 Å². The molecule has 0 bridgehead atoms. The fourth-order valence-corrected chi connectivity index (χ4v) is 2.52. The molecule has 0 aliphatic rings. The fourth-order valence-electron chi connectivity index (χ4n) is 2.52. The van der Waals surface area contributed by atoms with Gasteiger partial charge in [0, 0.05) is 25.8 Å². The molecule has 1 atom stereocenters. The van der Waals surface area contributed by atoms with Crippen LogP contribution < -0.4 is 5.32 Å². The van der Waals surface area contributed by atoms with Gasteiger partial charge >= 0.3 is 0 Å². The molecule has 2 aromatic carbocycles. The first kappa shape index (κ1) is 19.7. The molecular formula is C21H26N2O3. The van der Waals surface area contributed by atoms with Crippen LogP contribution in [-0.4, -0.2) is 43.5 Å². The zero-order valence-corrected chi connectivity index (χ0v) is 15.4. The van der Waals surface area contributed by atoms with Crippen molar-refractivity contribution >= 4 is 11.8 Å². The number of hydrogen-bond acceptors (Lipinski definition) is 3. The zero-order chi connectivity index (χ0) is 18.8. The normalized spacial score (nSPS) is 11.6. The van der Waals surface area contributed by atoms with Gasteiger partial charge in [-0.25, -0.2) is 0 Å². The second-order valence-electron chi connectivity index (χ2n) is 6.15. The lowest BCUT2D eigenvalue weighted by molar-refractivity contribution is -0.121. The first-order valence-corrected chi connectivity index (χ1v) is 8.81. The van der Waals surface area contributed by atoms with Gasteiger partial charge in [0.05, 0.1) is 12.6 Å². The van der Waals surface area contributed by atoms with Crippen LogP contribution >= 0.6 is 0 Å². The summed E-state index contributed by atoms with van der Waals surface area (Å²) in [6.07, 6.45) is 0.751. The van der Waals surface area contributed by atoms with Crippen molar-refractivity contribution in [1.82, 2.24) is 10.2 Å². The molecule has 0 heterocycles. The van der Waals surface area contributed by atoms with Crippen LogP contribution in [0.2, 0.25) is 0 Å². The molecule has 0 fully saturated rings. The molecule has 1 N–H and O–H groups in total. The Morgan fingerprint density at radius 2 is 1.65 bits per heavy atom. The Bertz CT molecular complexity index is 689. The number of likely N-dealkylation sites (N-methyl/N-ethyl adjacent to an activating group) is 1. The predicted molar refractivity (Wildman–Crippen MR) is 102 cm³/mol. The Morgan fingerprint density at radius 3 is 2.31 bits per heavy atom. The number of benzene rings is 2. The second kappa shape index (κ2) is 10.4. The molecule has 138 valence electrons. The van der Waals surface area contributed by atoms with Crippen molar-refractivity contribution in [3.05, 3.63) is 71.8 Å². The minimum absolute atomic E-state index is 0.0292. The Kier molecular flexibility index (Phi) is 7.83. The van der Waals surface area contributed by atoms with Crippen molar-refractivity contribution in [2.75, 3.05) is 26.7 Å². The lowest BCUT2D eigenvalue weighted by Gasteiger charge is -2.17. The molecule has 0 saturated heterocycles. The van der Waals surface area contributed by atoms with Gasteiger partial charge in [0.2, 0.25) is 5.91 Å². The summed E-state index contributed by atoms with van der Waals surface area (Å²) in [5.74, 6) is -0.339. The van der Waals surface area contributed by atoms with Crippen molar-refractivity contribution in [3.8, 4) is 0 Å². The number of carbonyl (C=O) groups is 2. The molecule has 0 aromatic heterocycles. The smallest absolute Gasteiger partial charge is 0.254 e. The van der Waals surface area contributed by atoms with Crippen LogP contribution in [0.5, 0.6) is 0 Å². The number of nitrogens with one attached hydrogen (secondary N) is 1. The van der Waals surface area contributed by atoms with Gasteiger partial charge in [-0.15, -0.1) is 0 Å². The molecule has 0 spiro atoms. The van der Waals surface area contributed by atoms with Crippen molar-refractivity contribution < 1.29 is 14.3 Å². The van der Waals surface area contributed by atoms with Gasteiger partial charge in [0.25, 0.3) is 5.91 Å². The van der Waals surface area contributed by atoms with E-state index in [0.717, 1.165) is 12.0 Å². The van der Waals surface area contributed by atoms with E-state index >= 15 is 0 Å². The molecule has 2 rings (SSSR count). The van der Waals surface area contributed by atoms with E-state index in [-0.39, 0.29) is 24.5 Å². The summed E-state index contributed by atoms with van der Waals surface area (Å²) in [4.78, 5) is 25.6. The fraction of sp³-hybridized carbons (Fsp3) is 0.333. The molecule has 26 heavy (non-hydrogen) atoms. The number of hydrogen-bond donors (Lipinski definition) is 1. The maximum atomic E-state index is 12.2. The van der Waals surface area contributed by atoms with Gasteiger partial charge in [0.1, 0.15) is 0 Å².